The van der Waals surface area contributed by atoms with Crippen molar-refractivity contribution in [3.05, 3.63) is 34.9 Å². The van der Waals surface area contributed by atoms with Gasteiger partial charge in [0.25, 0.3) is 0 Å². The summed E-state index contributed by atoms with van der Waals surface area (Å²) in [4.78, 5) is 11.8. The first-order valence-corrected chi connectivity index (χ1v) is 6.22. The number of amides is 1. The summed E-state index contributed by atoms with van der Waals surface area (Å²) in [7, 11) is 1.58. The number of benzene rings is 1. The lowest BCUT2D eigenvalue weighted by Crippen LogP contribution is -2.42. The van der Waals surface area contributed by atoms with Crippen molar-refractivity contribution in [3.8, 4) is 0 Å². The van der Waals surface area contributed by atoms with E-state index in [4.69, 9.17) is 22.1 Å². The molecule has 0 aromatic heterocycles. The number of ether oxygens (including phenoxy) is 1. The molecule has 0 aliphatic rings. The van der Waals surface area contributed by atoms with Gasteiger partial charge in [-0.2, -0.15) is 0 Å². The lowest BCUT2D eigenvalue weighted by Gasteiger charge is -2.18. The van der Waals surface area contributed by atoms with Crippen molar-refractivity contribution in [1.82, 2.24) is 5.32 Å². The van der Waals surface area contributed by atoms with E-state index in [1.807, 2.05) is 25.1 Å². The molecule has 3 N–H and O–H groups in total. The van der Waals surface area contributed by atoms with Crippen LogP contribution in [-0.2, 0) is 9.53 Å². The Morgan fingerprint density at radius 2 is 2.28 bits per heavy atom. The van der Waals surface area contributed by atoms with Crippen LogP contribution in [0.5, 0.6) is 0 Å². The Hall–Kier alpha value is -1.10. The van der Waals surface area contributed by atoms with Gasteiger partial charge in [-0.05, 0) is 31.0 Å². The van der Waals surface area contributed by atoms with Gasteiger partial charge in [0.2, 0.25) is 5.91 Å². The van der Waals surface area contributed by atoms with Crippen molar-refractivity contribution in [2.75, 3.05) is 13.7 Å². The van der Waals surface area contributed by atoms with Gasteiger partial charge >= 0.3 is 0 Å². The van der Waals surface area contributed by atoms with Gasteiger partial charge in [-0.1, -0.05) is 23.7 Å². The monoisotopic (exact) mass is 270 g/mol. The van der Waals surface area contributed by atoms with E-state index in [0.717, 1.165) is 5.56 Å². The molecule has 2 atom stereocenters. The lowest BCUT2D eigenvalue weighted by molar-refractivity contribution is -0.123. The van der Waals surface area contributed by atoms with Crippen molar-refractivity contribution in [1.29, 1.82) is 0 Å². The van der Waals surface area contributed by atoms with Crippen LogP contribution in [-0.4, -0.2) is 25.7 Å². The van der Waals surface area contributed by atoms with Gasteiger partial charge < -0.3 is 15.8 Å². The quantitative estimate of drug-likeness (QED) is 0.830. The van der Waals surface area contributed by atoms with E-state index in [1.165, 1.54) is 0 Å². The summed E-state index contributed by atoms with van der Waals surface area (Å²) in [6, 6.07) is 6.72. The molecule has 0 spiro atoms. The van der Waals surface area contributed by atoms with Crippen molar-refractivity contribution in [3.63, 3.8) is 0 Å². The van der Waals surface area contributed by atoms with E-state index >= 15 is 0 Å². The molecule has 2 unspecified atom stereocenters. The van der Waals surface area contributed by atoms with Crippen LogP contribution < -0.4 is 11.1 Å². The Kier molecular flexibility index (Phi) is 6.12. The van der Waals surface area contributed by atoms with Crippen molar-refractivity contribution in [2.45, 2.75) is 25.4 Å². The Labute approximate surface area is 112 Å². The van der Waals surface area contributed by atoms with Crippen LogP contribution in [0.1, 0.15) is 24.9 Å². The number of halogens is 1. The largest absolute Gasteiger partial charge is 0.385 e. The standard InChI is InChI=1S/C13H19ClN2O2/c1-9(10-4-3-5-11(14)8-10)16-13(17)12(15)6-7-18-2/h3-5,8-9,12H,6-7,15H2,1-2H3,(H,16,17). The SMILES string of the molecule is COCCC(N)C(=O)NC(C)c1cccc(Cl)c1. The van der Waals surface area contributed by atoms with Gasteiger partial charge in [-0.25, -0.2) is 0 Å². The van der Waals surface area contributed by atoms with E-state index in [1.54, 1.807) is 13.2 Å². The molecule has 0 aliphatic heterocycles. The van der Waals surface area contributed by atoms with Gasteiger partial charge in [0.1, 0.15) is 0 Å². The van der Waals surface area contributed by atoms with Gasteiger partial charge in [0.15, 0.2) is 0 Å². The van der Waals surface area contributed by atoms with Crippen LogP contribution in [0.25, 0.3) is 0 Å². The van der Waals surface area contributed by atoms with Gasteiger partial charge in [-0.15, -0.1) is 0 Å². The molecule has 1 amide bonds. The molecular weight excluding hydrogens is 252 g/mol. The molecule has 0 aliphatic carbocycles. The Morgan fingerprint density at radius 1 is 1.56 bits per heavy atom. The van der Waals surface area contributed by atoms with Crippen molar-refractivity contribution < 1.29 is 9.53 Å². The fourth-order valence-corrected chi connectivity index (χ4v) is 1.75. The number of hydrogen-bond acceptors (Lipinski definition) is 3. The fraction of sp³-hybridized carbons (Fsp3) is 0.462. The number of nitrogens with one attached hydrogen (secondary N) is 1. The smallest absolute Gasteiger partial charge is 0.237 e. The lowest BCUT2D eigenvalue weighted by atomic mass is 10.1. The predicted molar refractivity (Wildman–Crippen MR) is 72.5 cm³/mol. The van der Waals surface area contributed by atoms with E-state index in [2.05, 4.69) is 5.32 Å². The van der Waals surface area contributed by atoms with Gasteiger partial charge in [-0.3, -0.25) is 4.79 Å². The summed E-state index contributed by atoms with van der Waals surface area (Å²) in [6.07, 6.45) is 0.505. The maximum absolute atomic E-state index is 11.8. The van der Waals surface area contributed by atoms with Gasteiger partial charge in [0, 0.05) is 18.7 Å². The fourth-order valence-electron chi connectivity index (χ4n) is 1.56. The third-order valence-corrected chi connectivity index (χ3v) is 2.91. The number of carbonyl (C=O) groups excluding carboxylic acids is 1. The van der Waals surface area contributed by atoms with E-state index in [0.29, 0.717) is 18.1 Å². The maximum atomic E-state index is 11.8. The number of nitrogens with two attached hydrogens (primary N) is 1. The second-order valence-electron chi connectivity index (χ2n) is 4.17. The summed E-state index contributed by atoms with van der Waals surface area (Å²) in [5.41, 5.74) is 6.69. The zero-order valence-corrected chi connectivity index (χ0v) is 11.4. The normalized spacial score (nSPS) is 14.0. The summed E-state index contributed by atoms with van der Waals surface area (Å²) in [5, 5.41) is 3.50. The minimum Gasteiger partial charge on any atom is -0.385 e. The van der Waals surface area contributed by atoms with Crippen LogP contribution >= 0.6 is 11.6 Å². The van der Waals surface area contributed by atoms with Crippen molar-refractivity contribution >= 4 is 17.5 Å². The van der Waals surface area contributed by atoms with E-state index in [9.17, 15) is 4.79 Å². The molecule has 0 radical (unpaired) electrons. The summed E-state index contributed by atoms with van der Waals surface area (Å²) in [6.45, 7) is 2.37. The number of methoxy groups -OCH3 is 1. The third kappa shape index (κ3) is 4.64. The van der Waals surface area contributed by atoms with Crippen LogP contribution in [0.15, 0.2) is 24.3 Å². The second-order valence-corrected chi connectivity index (χ2v) is 4.61. The molecule has 5 heteroatoms. The molecule has 1 aromatic carbocycles. The number of rotatable bonds is 6. The first kappa shape index (κ1) is 15.0. The Bertz CT molecular complexity index is 398. The molecular formula is C13H19ClN2O2. The zero-order valence-electron chi connectivity index (χ0n) is 10.7. The van der Waals surface area contributed by atoms with Crippen LogP contribution in [0.3, 0.4) is 0 Å². The molecule has 1 rings (SSSR count). The highest BCUT2D eigenvalue weighted by atomic mass is 35.5. The zero-order chi connectivity index (χ0) is 13.5. The first-order chi connectivity index (χ1) is 8.54. The number of carbonyl (C=O) groups is 1. The Morgan fingerprint density at radius 3 is 2.89 bits per heavy atom. The van der Waals surface area contributed by atoms with Crippen molar-refractivity contribution in [2.24, 2.45) is 5.73 Å². The topological polar surface area (TPSA) is 64.3 Å². The molecule has 18 heavy (non-hydrogen) atoms. The predicted octanol–water partition coefficient (Wildman–Crippen LogP) is 1.88. The first-order valence-electron chi connectivity index (χ1n) is 5.85. The maximum Gasteiger partial charge on any atom is 0.237 e. The highest BCUT2D eigenvalue weighted by Gasteiger charge is 2.16. The highest BCUT2D eigenvalue weighted by Crippen LogP contribution is 2.17. The third-order valence-electron chi connectivity index (χ3n) is 2.68. The minimum atomic E-state index is -0.549. The summed E-state index contributed by atoms with van der Waals surface area (Å²) >= 11 is 5.90. The van der Waals surface area contributed by atoms with Crippen LogP contribution in [0.2, 0.25) is 5.02 Å². The summed E-state index contributed by atoms with van der Waals surface area (Å²) in [5.74, 6) is -0.181. The Balaban J connectivity index is 2.54. The minimum absolute atomic E-state index is 0.121. The summed E-state index contributed by atoms with van der Waals surface area (Å²) < 4.78 is 4.89. The van der Waals surface area contributed by atoms with Crippen LogP contribution in [0.4, 0.5) is 0 Å². The highest BCUT2D eigenvalue weighted by molar-refractivity contribution is 6.30. The molecule has 0 bridgehead atoms. The molecule has 0 saturated heterocycles. The molecule has 0 heterocycles. The number of hydrogen-bond donors (Lipinski definition) is 2. The van der Waals surface area contributed by atoms with Crippen LogP contribution in [0, 0.1) is 0 Å². The van der Waals surface area contributed by atoms with E-state index < -0.39 is 6.04 Å². The van der Waals surface area contributed by atoms with E-state index in [-0.39, 0.29) is 11.9 Å². The average molecular weight is 271 g/mol. The molecule has 0 fully saturated rings. The second kappa shape index (κ2) is 7.36. The van der Waals surface area contributed by atoms with Gasteiger partial charge in [0.05, 0.1) is 12.1 Å². The molecule has 100 valence electrons. The molecule has 0 saturated carbocycles. The molecule has 1 aromatic rings. The average Bonchev–Trinajstić information content (AvgIpc) is 2.35. The molecule has 4 nitrogen and oxygen atoms in total.